The van der Waals surface area contributed by atoms with Crippen molar-refractivity contribution in [2.24, 2.45) is 0 Å². The van der Waals surface area contributed by atoms with Gasteiger partial charge in [0.05, 0.1) is 23.6 Å². The summed E-state index contributed by atoms with van der Waals surface area (Å²) in [5.41, 5.74) is 1.84. The molecule has 0 amide bonds. The molecule has 2 atom stereocenters. The van der Waals surface area contributed by atoms with Gasteiger partial charge in [0.2, 0.25) is 0 Å². The minimum absolute atomic E-state index is 0.0902. The van der Waals surface area contributed by atoms with E-state index in [1.807, 2.05) is 10.7 Å². The van der Waals surface area contributed by atoms with Gasteiger partial charge in [0.1, 0.15) is 5.82 Å². The lowest BCUT2D eigenvalue weighted by molar-refractivity contribution is -0.0895. The van der Waals surface area contributed by atoms with Crippen molar-refractivity contribution < 1.29 is 13.9 Å². The molecular weight excluding hydrogens is 309 g/mol. The van der Waals surface area contributed by atoms with E-state index >= 15 is 0 Å². The van der Waals surface area contributed by atoms with Crippen LogP contribution in [0.2, 0.25) is 0 Å². The lowest BCUT2D eigenvalue weighted by Crippen LogP contribution is -2.47. The molecule has 24 heavy (non-hydrogen) atoms. The molecule has 4 rings (SSSR count). The number of nitrogens with zero attached hydrogens (tertiary/aromatic N) is 2. The van der Waals surface area contributed by atoms with E-state index in [9.17, 15) is 4.39 Å². The van der Waals surface area contributed by atoms with E-state index in [0.29, 0.717) is 12.6 Å². The standard InChI is InChI=1S/C18H22FN3O2/c19-14-1-3-16(4-2-14)22-17(5-8-21-22)12-20-15-6-9-24-18(11-15)7-10-23-13-18/h1-5,8,15,20H,6-7,9-13H2/t15-,18+/m1/s1. The Bertz CT molecular complexity index is 680. The fourth-order valence-electron chi connectivity index (χ4n) is 3.59. The molecular formula is C18H22FN3O2. The predicted octanol–water partition coefficient (Wildman–Crippen LogP) is 2.44. The minimum Gasteiger partial charge on any atom is -0.378 e. The normalized spacial score (nSPS) is 27.0. The van der Waals surface area contributed by atoms with Crippen molar-refractivity contribution in [2.45, 2.75) is 37.5 Å². The van der Waals surface area contributed by atoms with Crippen molar-refractivity contribution in [2.75, 3.05) is 19.8 Å². The third-order valence-electron chi connectivity index (χ3n) is 4.92. The van der Waals surface area contributed by atoms with Crippen LogP contribution < -0.4 is 5.32 Å². The lowest BCUT2D eigenvalue weighted by atomic mass is 9.89. The molecule has 128 valence electrons. The molecule has 2 aliphatic heterocycles. The van der Waals surface area contributed by atoms with Gasteiger partial charge in [-0.2, -0.15) is 5.10 Å². The van der Waals surface area contributed by atoms with E-state index < -0.39 is 0 Å². The Morgan fingerprint density at radius 1 is 1.25 bits per heavy atom. The Balaban J connectivity index is 1.41. The van der Waals surface area contributed by atoms with E-state index in [0.717, 1.165) is 50.4 Å². The Labute approximate surface area is 140 Å². The van der Waals surface area contributed by atoms with Gasteiger partial charge in [-0.3, -0.25) is 0 Å². The number of halogens is 1. The molecule has 0 bridgehead atoms. The van der Waals surface area contributed by atoms with Gasteiger partial charge in [-0.1, -0.05) is 0 Å². The maximum Gasteiger partial charge on any atom is 0.123 e. The van der Waals surface area contributed by atoms with E-state index in [1.54, 1.807) is 18.3 Å². The second kappa shape index (κ2) is 6.63. The molecule has 5 nitrogen and oxygen atoms in total. The fraction of sp³-hybridized carbons (Fsp3) is 0.500. The average Bonchev–Trinajstić information content (AvgIpc) is 3.24. The second-order valence-electron chi connectivity index (χ2n) is 6.62. The van der Waals surface area contributed by atoms with E-state index in [2.05, 4.69) is 10.4 Å². The highest BCUT2D eigenvalue weighted by atomic mass is 19.1. The minimum atomic E-state index is -0.239. The molecule has 2 saturated heterocycles. The first kappa shape index (κ1) is 15.7. The molecule has 0 aliphatic carbocycles. The van der Waals surface area contributed by atoms with Crippen molar-refractivity contribution in [3.8, 4) is 5.69 Å². The summed E-state index contributed by atoms with van der Waals surface area (Å²) in [6.07, 6.45) is 4.75. The molecule has 6 heteroatoms. The first-order valence-electron chi connectivity index (χ1n) is 8.48. The van der Waals surface area contributed by atoms with Crippen molar-refractivity contribution in [3.63, 3.8) is 0 Å². The summed E-state index contributed by atoms with van der Waals surface area (Å²) >= 11 is 0. The van der Waals surface area contributed by atoms with Crippen LogP contribution in [0.3, 0.4) is 0 Å². The van der Waals surface area contributed by atoms with Gasteiger partial charge in [-0.05, 0) is 43.2 Å². The number of hydrogen-bond acceptors (Lipinski definition) is 4. The molecule has 1 aromatic carbocycles. The molecule has 3 heterocycles. The van der Waals surface area contributed by atoms with Crippen LogP contribution in [0.15, 0.2) is 36.5 Å². The summed E-state index contributed by atoms with van der Waals surface area (Å²) in [5, 5.41) is 7.99. The van der Waals surface area contributed by atoms with E-state index in [-0.39, 0.29) is 11.4 Å². The zero-order valence-corrected chi connectivity index (χ0v) is 13.6. The number of benzene rings is 1. The van der Waals surface area contributed by atoms with Crippen molar-refractivity contribution in [3.05, 3.63) is 48.0 Å². The Morgan fingerprint density at radius 2 is 2.12 bits per heavy atom. The van der Waals surface area contributed by atoms with E-state index in [4.69, 9.17) is 9.47 Å². The van der Waals surface area contributed by atoms with Crippen molar-refractivity contribution in [1.29, 1.82) is 0 Å². The van der Waals surface area contributed by atoms with Crippen LogP contribution in [0.5, 0.6) is 0 Å². The molecule has 0 saturated carbocycles. The zero-order valence-electron chi connectivity index (χ0n) is 13.6. The van der Waals surface area contributed by atoms with Crippen LogP contribution in [-0.2, 0) is 16.0 Å². The van der Waals surface area contributed by atoms with Gasteiger partial charge in [0.25, 0.3) is 0 Å². The molecule has 1 aromatic heterocycles. The summed E-state index contributed by atoms with van der Waals surface area (Å²) in [6, 6.07) is 8.80. The van der Waals surface area contributed by atoms with Crippen molar-refractivity contribution >= 4 is 0 Å². The van der Waals surface area contributed by atoms with Gasteiger partial charge in [-0.15, -0.1) is 0 Å². The predicted molar refractivity (Wildman–Crippen MR) is 87.5 cm³/mol. The Kier molecular flexibility index (Phi) is 4.35. The summed E-state index contributed by atoms with van der Waals surface area (Å²) < 4.78 is 26.5. The maximum absolute atomic E-state index is 13.1. The quantitative estimate of drug-likeness (QED) is 0.935. The van der Waals surface area contributed by atoms with Crippen LogP contribution in [0, 0.1) is 5.82 Å². The zero-order chi connectivity index (χ0) is 16.4. The van der Waals surface area contributed by atoms with Gasteiger partial charge in [-0.25, -0.2) is 9.07 Å². The number of aromatic nitrogens is 2. The summed E-state index contributed by atoms with van der Waals surface area (Å²) in [6.45, 7) is 3.00. The first-order valence-corrected chi connectivity index (χ1v) is 8.48. The van der Waals surface area contributed by atoms with Crippen LogP contribution >= 0.6 is 0 Å². The number of rotatable bonds is 4. The van der Waals surface area contributed by atoms with Crippen LogP contribution in [-0.4, -0.2) is 41.2 Å². The molecule has 1 N–H and O–H groups in total. The topological polar surface area (TPSA) is 48.3 Å². The van der Waals surface area contributed by atoms with Crippen LogP contribution in [0.1, 0.15) is 25.0 Å². The molecule has 2 aromatic rings. The summed E-state index contributed by atoms with van der Waals surface area (Å²) in [7, 11) is 0. The van der Waals surface area contributed by atoms with E-state index in [1.165, 1.54) is 12.1 Å². The second-order valence-corrected chi connectivity index (χ2v) is 6.62. The molecule has 0 unspecified atom stereocenters. The highest BCUT2D eigenvalue weighted by molar-refractivity contribution is 5.32. The number of ether oxygens (including phenoxy) is 2. The monoisotopic (exact) mass is 331 g/mol. The lowest BCUT2D eigenvalue weighted by Gasteiger charge is -2.37. The van der Waals surface area contributed by atoms with Crippen molar-refractivity contribution in [1.82, 2.24) is 15.1 Å². The van der Waals surface area contributed by atoms with Gasteiger partial charge < -0.3 is 14.8 Å². The van der Waals surface area contributed by atoms with Crippen LogP contribution in [0.4, 0.5) is 4.39 Å². The summed E-state index contributed by atoms with van der Waals surface area (Å²) in [5.74, 6) is -0.239. The highest BCUT2D eigenvalue weighted by Crippen LogP contribution is 2.32. The smallest absolute Gasteiger partial charge is 0.123 e. The van der Waals surface area contributed by atoms with Gasteiger partial charge >= 0.3 is 0 Å². The number of hydrogen-bond donors (Lipinski definition) is 1. The Hall–Kier alpha value is -1.76. The molecule has 1 spiro atoms. The SMILES string of the molecule is Fc1ccc(-n2nccc2CN[C@@H]2CCO[C@@]3(CCOC3)C2)cc1. The third-order valence-corrected chi connectivity index (χ3v) is 4.92. The first-order chi connectivity index (χ1) is 11.7. The Morgan fingerprint density at radius 3 is 2.92 bits per heavy atom. The fourth-order valence-corrected chi connectivity index (χ4v) is 3.59. The van der Waals surface area contributed by atoms with Gasteiger partial charge in [0, 0.05) is 38.4 Å². The third kappa shape index (κ3) is 3.22. The molecule has 2 fully saturated rings. The average molecular weight is 331 g/mol. The highest BCUT2D eigenvalue weighted by Gasteiger charge is 2.40. The summed E-state index contributed by atoms with van der Waals surface area (Å²) in [4.78, 5) is 0. The maximum atomic E-state index is 13.1. The largest absolute Gasteiger partial charge is 0.378 e. The van der Waals surface area contributed by atoms with Crippen LogP contribution in [0.25, 0.3) is 5.69 Å². The molecule has 2 aliphatic rings. The van der Waals surface area contributed by atoms with Gasteiger partial charge in [0.15, 0.2) is 0 Å². The molecule has 0 radical (unpaired) electrons. The number of nitrogens with one attached hydrogen (secondary N) is 1.